The fraction of sp³-hybridized carbons (Fsp3) is 0.545. The van der Waals surface area contributed by atoms with Crippen LogP contribution < -0.4 is 10.9 Å². The number of sulfone groups is 1. The number of nitrogens with one attached hydrogen (secondary N) is 1. The molecule has 0 bridgehead atoms. The maximum absolute atomic E-state index is 12.7. The Bertz CT molecular complexity index is 608. The van der Waals surface area contributed by atoms with Gasteiger partial charge in [0, 0.05) is 32.0 Å². The Morgan fingerprint density at radius 1 is 1.25 bits per heavy atom. The molecule has 20 heavy (non-hydrogen) atoms. The van der Waals surface area contributed by atoms with Crippen LogP contribution >= 0.6 is 0 Å². The van der Waals surface area contributed by atoms with Crippen molar-refractivity contribution < 1.29 is 21.6 Å². The predicted molar refractivity (Wildman–Crippen MR) is 68.3 cm³/mol. The summed E-state index contributed by atoms with van der Waals surface area (Å²) >= 11 is 0. The highest BCUT2D eigenvalue weighted by molar-refractivity contribution is 7.90. The summed E-state index contributed by atoms with van der Waals surface area (Å²) in [6, 6.07) is 2.93. The number of aromatic nitrogens is 1. The van der Waals surface area contributed by atoms with Crippen LogP contribution in [-0.4, -0.2) is 38.1 Å². The van der Waals surface area contributed by atoms with E-state index in [1.807, 2.05) is 0 Å². The van der Waals surface area contributed by atoms with Crippen LogP contribution in [0.25, 0.3) is 0 Å². The van der Waals surface area contributed by atoms with Crippen molar-refractivity contribution in [2.24, 2.45) is 0 Å². The monoisotopic (exact) mass is 312 g/mol. The van der Waals surface area contributed by atoms with Gasteiger partial charge in [0.1, 0.15) is 15.5 Å². The lowest BCUT2D eigenvalue weighted by atomic mass is 10.3. The number of alkyl halides is 3. The minimum Gasteiger partial charge on any atom is -0.314 e. The largest absolute Gasteiger partial charge is 0.431 e. The van der Waals surface area contributed by atoms with Gasteiger partial charge < -0.3 is 9.88 Å². The Labute approximate surface area is 114 Å². The Morgan fingerprint density at radius 3 is 2.45 bits per heavy atom. The Kier molecular flexibility index (Phi) is 5.35. The molecule has 0 saturated heterocycles. The van der Waals surface area contributed by atoms with Crippen molar-refractivity contribution in [2.45, 2.75) is 12.7 Å². The summed E-state index contributed by atoms with van der Waals surface area (Å²) < 4.78 is 60.4. The summed E-state index contributed by atoms with van der Waals surface area (Å²) in [5.74, 6) is -0.108. The molecule has 0 radical (unpaired) electrons. The van der Waals surface area contributed by atoms with Crippen molar-refractivity contribution in [3.63, 3.8) is 0 Å². The van der Waals surface area contributed by atoms with E-state index >= 15 is 0 Å². The van der Waals surface area contributed by atoms with E-state index in [9.17, 15) is 26.4 Å². The van der Waals surface area contributed by atoms with E-state index in [1.54, 1.807) is 0 Å². The highest BCUT2D eigenvalue weighted by Gasteiger charge is 2.33. The summed E-state index contributed by atoms with van der Waals surface area (Å²) in [7, 11) is -3.12. The van der Waals surface area contributed by atoms with Crippen molar-refractivity contribution in [2.75, 3.05) is 25.1 Å². The molecule has 0 aliphatic rings. The van der Waals surface area contributed by atoms with Gasteiger partial charge in [-0.15, -0.1) is 0 Å². The lowest BCUT2D eigenvalue weighted by Gasteiger charge is -2.15. The molecule has 5 nitrogen and oxygen atoms in total. The van der Waals surface area contributed by atoms with Crippen LogP contribution in [0.15, 0.2) is 23.0 Å². The highest BCUT2D eigenvalue weighted by Crippen LogP contribution is 2.27. The Balaban J connectivity index is 2.67. The third kappa shape index (κ3) is 5.33. The van der Waals surface area contributed by atoms with Crippen LogP contribution in [0.3, 0.4) is 0 Å². The molecule has 9 heteroatoms. The molecule has 0 aliphatic heterocycles. The molecule has 1 heterocycles. The normalized spacial score (nSPS) is 12.6. The van der Waals surface area contributed by atoms with Gasteiger partial charge in [-0.25, -0.2) is 8.42 Å². The van der Waals surface area contributed by atoms with Crippen molar-refractivity contribution in [3.8, 4) is 0 Å². The molecule has 0 aromatic carbocycles. The SMILES string of the molecule is CS(=O)(=O)CCNCCn1c(C(F)(F)F)cccc1=O. The van der Waals surface area contributed by atoms with Gasteiger partial charge in [0.05, 0.1) is 5.75 Å². The number of halogens is 3. The summed E-state index contributed by atoms with van der Waals surface area (Å²) in [6.07, 6.45) is -3.54. The minimum atomic E-state index is -4.60. The van der Waals surface area contributed by atoms with Gasteiger partial charge in [0.2, 0.25) is 0 Å². The maximum Gasteiger partial charge on any atom is 0.431 e. The third-order valence-electron chi connectivity index (χ3n) is 2.50. The first-order chi connectivity index (χ1) is 9.11. The highest BCUT2D eigenvalue weighted by atomic mass is 32.2. The van der Waals surface area contributed by atoms with Gasteiger partial charge in [-0.05, 0) is 6.07 Å². The van der Waals surface area contributed by atoms with E-state index < -0.39 is 27.3 Å². The van der Waals surface area contributed by atoms with Gasteiger partial charge in [0.25, 0.3) is 5.56 Å². The summed E-state index contributed by atoms with van der Waals surface area (Å²) in [5, 5.41) is 2.69. The van der Waals surface area contributed by atoms with Crippen molar-refractivity contribution in [1.82, 2.24) is 9.88 Å². The van der Waals surface area contributed by atoms with Crippen LogP contribution in [-0.2, 0) is 22.6 Å². The van der Waals surface area contributed by atoms with Crippen LogP contribution in [0.2, 0.25) is 0 Å². The molecular weight excluding hydrogens is 297 g/mol. The number of rotatable bonds is 6. The first kappa shape index (κ1) is 16.7. The number of hydrogen-bond donors (Lipinski definition) is 1. The first-order valence-electron chi connectivity index (χ1n) is 5.77. The second-order valence-electron chi connectivity index (χ2n) is 4.28. The molecule has 0 amide bonds. The van der Waals surface area contributed by atoms with E-state index in [4.69, 9.17) is 0 Å². The second kappa shape index (κ2) is 6.40. The van der Waals surface area contributed by atoms with Crippen LogP contribution in [0.1, 0.15) is 5.69 Å². The molecule has 0 saturated carbocycles. The van der Waals surface area contributed by atoms with Gasteiger partial charge in [-0.3, -0.25) is 4.79 Å². The molecule has 0 unspecified atom stereocenters. The number of hydrogen-bond acceptors (Lipinski definition) is 4. The predicted octanol–water partition coefficient (Wildman–Crippen LogP) is 0.501. The molecular formula is C11H15F3N2O3S. The van der Waals surface area contributed by atoms with Gasteiger partial charge in [-0.2, -0.15) is 13.2 Å². The van der Waals surface area contributed by atoms with Crippen LogP contribution in [0.5, 0.6) is 0 Å². The van der Waals surface area contributed by atoms with Gasteiger partial charge in [0.15, 0.2) is 0 Å². The standard InChI is InChI=1S/C11H15F3N2O3S/c1-20(18,19)8-6-15-5-7-16-9(11(12,13)14)3-2-4-10(16)17/h2-4,15H,5-8H2,1H3. The fourth-order valence-electron chi connectivity index (χ4n) is 1.57. The molecule has 0 aliphatic carbocycles. The van der Waals surface area contributed by atoms with Crippen LogP contribution in [0.4, 0.5) is 13.2 Å². The van der Waals surface area contributed by atoms with E-state index in [-0.39, 0.29) is 25.4 Å². The molecule has 1 aromatic heterocycles. The quantitative estimate of drug-likeness (QED) is 0.777. The Morgan fingerprint density at radius 2 is 1.90 bits per heavy atom. The molecule has 1 rings (SSSR count). The minimum absolute atomic E-state index is 0.0719. The molecule has 1 N–H and O–H groups in total. The zero-order chi connectivity index (χ0) is 15.4. The first-order valence-corrected chi connectivity index (χ1v) is 7.83. The van der Waals surface area contributed by atoms with E-state index in [0.717, 1.165) is 24.5 Å². The van der Waals surface area contributed by atoms with Crippen molar-refractivity contribution in [1.29, 1.82) is 0 Å². The zero-order valence-corrected chi connectivity index (χ0v) is 11.6. The van der Waals surface area contributed by atoms with E-state index in [0.29, 0.717) is 4.57 Å². The molecule has 0 fully saturated rings. The second-order valence-corrected chi connectivity index (χ2v) is 6.54. The molecule has 1 aromatic rings. The van der Waals surface area contributed by atoms with Gasteiger partial charge >= 0.3 is 6.18 Å². The average Bonchev–Trinajstić information content (AvgIpc) is 2.27. The molecule has 0 spiro atoms. The number of nitrogens with zero attached hydrogens (tertiary/aromatic N) is 1. The molecule has 114 valence electrons. The maximum atomic E-state index is 12.7. The van der Waals surface area contributed by atoms with Gasteiger partial charge in [-0.1, -0.05) is 6.07 Å². The summed E-state index contributed by atoms with van der Waals surface area (Å²) in [4.78, 5) is 11.4. The van der Waals surface area contributed by atoms with Crippen molar-refractivity contribution in [3.05, 3.63) is 34.2 Å². The van der Waals surface area contributed by atoms with Crippen LogP contribution in [0, 0.1) is 0 Å². The average molecular weight is 312 g/mol. The Hall–Kier alpha value is -1.35. The zero-order valence-electron chi connectivity index (χ0n) is 10.8. The summed E-state index contributed by atoms with van der Waals surface area (Å²) in [6.45, 7) is 0.0164. The van der Waals surface area contributed by atoms with Crippen molar-refractivity contribution >= 4 is 9.84 Å². The van der Waals surface area contributed by atoms with E-state index in [2.05, 4.69) is 5.32 Å². The number of pyridine rings is 1. The lowest BCUT2D eigenvalue weighted by Crippen LogP contribution is -2.32. The lowest BCUT2D eigenvalue weighted by molar-refractivity contribution is -0.144. The smallest absolute Gasteiger partial charge is 0.314 e. The third-order valence-corrected chi connectivity index (χ3v) is 3.45. The van der Waals surface area contributed by atoms with E-state index in [1.165, 1.54) is 0 Å². The molecule has 0 atom stereocenters. The summed E-state index contributed by atoms with van der Waals surface area (Å²) in [5.41, 5.74) is -1.76. The fourth-order valence-corrected chi connectivity index (χ4v) is 2.09. The topological polar surface area (TPSA) is 68.2 Å².